The average molecular weight is 433 g/mol. The summed E-state index contributed by atoms with van der Waals surface area (Å²) < 4.78 is 14.0. The third kappa shape index (κ3) is 3.09. The van der Waals surface area contributed by atoms with Crippen molar-refractivity contribution in [2.75, 3.05) is 19.7 Å². The van der Waals surface area contributed by atoms with Gasteiger partial charge >= 0.3 is 6.09 Å². The number of ether oxygens (including phenoxy) is 2. The number of aromatic nitrogens is 2. The van der Waals surface area contributed by atoms with Crippen LogP contribution in [0.15, 0.2) is 6.20 Å². The first-order chi connectivity index (χ1) is 10.7. The van der Waals surface area contributed by atoms with Crippen LogP contribution < -0.4 is 0 Å². The SMILES string of the molecule is Cc1cnn2c1C1(CCN(C(=O)OC(C)(C)C)CC1I)OCC2. The van der Waals surface area contributed by atoms with Gasteiger partial charge in [0.1, 0.15) is 11.2 Å². The van der Waals surface area contributed by atoms with Crippen LogP contribution >= 0.6 is 22.6 Å². The average Bonchev–Trinajstić information content (AvgIpc) is 2.83. The van der Waals surface area contributed by atoms with Crippen molar-refractivity contribution in [3.63, 3.8) is 0 Å². The van der Waals surface area contributed by atoms with Gasteiger partial charge in [-0.05, 0) is 33.3 Å². The van der Waals surface area contributed by atoms with E-state index in [9.17, 15) is 4.79 Å². The van der Waals surface area contributed by atoms with E-state index in [1.807, 2.05) is 27.0 Å². The van der Waals surface area contributed by atoms with E-state index in [0.29, 0.717) is 19.7 Å². The Morgan fingerprint density at radius 3 is 2.87 bits per heavy atom. The van der Waals surface area contributed by atoms with Gasteiger partial charge in [0.25, 0.3) is 0 Å². The fourth-order valence-electron chi connectivity index (χ4n) is 3.39. The molecule has 0 aliphatic carbocycles. The molecule has 3 rings (SSSR count). The molecule has 128 valence electrons. The minimum Gasteiger partial charge on any atom is -0.444 e. The number of amides is 1. The molecule has 0 radical (unpaired) electrons. The molecule has 2 aliphatic rings. The van der Waals surface area contributed by atoms with E-state index in [1.165, 1.54) is 5.69 Å². The van der Waals surface area contributed by atoms with Crippen molar-refractivity contribution in [1.29, 1.82) is 0 Å². The van der Waals surface area contributed by atoms with Crippen molar-refractivity contribution >= 4 is 28.7 Å². The highest BCUT2D eigenvalue weighted by molar-refractivity contribution is 14.1. The maximum Gasteiger partial charge on any atom is 0.410 e. The number of likely N-dealkylation sites (tertiary alicyclic amines) is 1. The Balaban J connectivity index is 1.80. The molecule has 2 unspecified atom stereocenters. The number of piperidine rings is 1. The second kappa shape index (κ2) is 5.91. The number of hydrogen-bond donors (Lipinski definition) is 0. The highest BCUT2D eigenvalue weighted by Gasteiger charge is 2.50. The van der Waals surface area contributed by atoms with Crippen molar-refractivity contribution in [1.82, 2.24) is 14.7 Å². The lowest BCUT2D eigenvalue weighted by atomic mass is 9.85. The third-order valence-corrected chi connectivity index (χ3v) is 5.78. The third-order valence-electron chi connectivity index (χ3n) is 4.38. The zero-order valence-corrected chi connectivity index (χ0v) is 16.3. The number of nitrogens with zero attached hydrogens (tertiary/aromatic N) is 3. The number of carbonyl (C=O) groups is 1. The van der Waals surface area contributed by atoms with Crippen LogP contribution in [0, 0.1) is 6.92 Å². The molecule has 1 aromatic heterocycles. The summed E-state index contributed by atoms with van der Waals surface area (Å²) in [5.41, 5.74) is 1.52. The van der Waals surface area contributed by atoms with E-state index in [2.05, 4.69) is 39.3 Å². The second-order valence-electron chi connectivity index (χ2n) is 7.28. The van der Waals surface area contributed by atoms with Gasteiger partial charge in [0.15, 0.2) is 0 Å². The molecule has 1 spiro atoms. The fourth-order valence-corrected chi connectivity index (χ4v) is 4.66. The van der Waals surface area contributed by atoms with Gasteiger partial charge in [-0.2, -0.15) is 5.10 Å². The summed E-state index contributed by atoms with van der Waals surface area (Å²) >= 11 is 2.41. The molecule has 2 atom stereocenters. The van der Waals surface area contributed by atoms with Crippen molar-refractivity contribution in [2.45, 2.75) is 55.8 Å². The summed E-state index contributed by atoms with van der Waals surface area (Å²) in [7, 11) is 0. The van der Waals surface area contributed by atoms with Gasteiger partial charge < -0.3 is 14.4 Å². The number of hydrogen-bond acceptors (Lipinski definition) is 4. The molecule has 0 saturated carbocycles. The molecule has 0 aromatic carbocycles. The van der Waals surface area contributed by atoms with Crippen LogP contribution in [0.1, 0.15) is 38.4 Å². The molecule has 0 bridgehead atoms. The van der Waals surface area contributed by atoms with Gasteiger partial charge in [-0.25, -0.2) is 4.79 Å². The van der Waals surface area contributed by atoms with Crippen LogP contribution in [0.25, 0.3) is 0 Å². The van der Waals surface area contributed by atoms with Gasteiger partial charge in [0.05, 0.1) is 29.0 Å². The Kier molecular flexibility index (Phi) is 4.37. The molecule has 6 nitrogen and oxygen atoms in total. The minimum absolute atomic E-state index is 0.163. The highest BCUT2D eigenvalue weighted by Crippen LogP contribution is 2.44. The highest BCUT2D eigenvalue weighted by atomic mass is 127. The van der Waals surface area contributed by atoms with Crippen LogP contribution in [-0.4, -0.2) is 50.0 Å². The predicted octanol–water partition coefficient (Wildman–Crippen LogP) is 2.86. The molecular formula is C16H24IN3O3. The summed E-state index contributed by atoms with van der Waals surface area (Å²) in [6, 6.07) is 0. The summed E-state index contributed by atoms with van der Waals surface area (Å²) in [4.78, 5) is 14.1. The van der Waals surface area contributed by atoms with Gasteiger partial charge in [0.2, 0.25) is 0 Å². The van der Waals surface area contributed by atoms with E-state index >= 15 is 0 Å². The van der Waals surface area contributed by atoms with Crippen LogP contribution in [0.4, 0.5) is 4.79 Å². The first-order valence-electron chi connectivity index (χ1n) is 8.02. The zero-order chi connectivity index (χ0) is 16.8. The van der Waals surface area contributed by atoms with Crippen molar-refractivity contribution in [3.05, 3.63) is 17.5 Å². The normalized spacial score (nSPS) is 27.9. The molecule has 7 heteroatoms. The summed E-state index contributed by atoms with van der Waals surface area (Å²) in [6.07, 6.45) is 2.44. The number of halogens is 1. The maximum atomic E-state index is 12.3. The van der Waals surface area contributed by atoms with Crippen LogP contribution in [0.5, 0.6) is 0 Å². The molecule has 1 saturated heterocycles. The number of rotatable bonds is 0. The first kappa shape index (κ1) is 17.0. The maximum absolute atomic E-state index is 12.3. The molecule has 1 fully saturated rings. The predicted molar refractivity (Wildman–Crippen MR) is 94.8 cm³/mol. The summed E-state index contributed by atoms with van der Waals surface area (Å²) in [6.45, 7) is 10.5. The van der Waals surface area contributed by atoms with E-state index in [-0.39, 0.29) is 15.6 Å². The lowest BCUT2D eigenvalue weighted by molar-refractivity contribution is -0.105. The Labute approximate surface area is 150 Å². The topological polar surface area (TPSA) is 56.6 Å². The Morgan fingerprint density at radius 1 is 1.48 bits per heavy atom. The monoisotopic (exact) mass is 433 g/mol. The molecule has 2 aliphatic heterocycles. The molecule has 0 N–H and O–H groups in total. The number of carbonyl (C=O) groups excluding carboxylic acids is 1. The number of aryl methyl sites for hydroxylation is 1. The molecule has 1 amide bonds. The van der Waals surface area contributed by atoms with Gasteiger partial charge in [-0.1, -0.05) is 22.6 Å². The van der Waals surface area contributed by atoms with Crippen molar-refractivity contribution in [2.24, 2.45) is 0 Å². The van der Waals surface area contributed by atoms with Crippen molar-refractivity contribution < 1.29 is 14.3 Å². The molecule has 23 heavy (non-hydrogen) atoms. The minimum atomic E-state index is -0.469. The van der Waals surface area contributed by atoms with Crippen LogP contribution in [0.3, 0.4) is 0 Å². The summed E-state index contributed by atoms with van der Waals surface area (Å²) in [5.74, 6) is 0. The molecule has 1 aromatic rings. The Hall–Kier alpha value is -0.830. The van der Waals surface area contributed by atoms with E-state index in [4.69, 9.17) is 9.47 Å². The lowest BCUT2D eigenvalue weighted by Crippen LogP contribution is -2.57. The lowest BCUT2D eigenvalue weighted by Gasteiger charge is -2.47. The zero-order valence-electron chi connectivity index (χ0n) is 14.1. The van der Waals surface area contributed by atoms with Crippen molar-refractivity contribution in [3.8, 4) is 0 Å². The van der Waals surface area contributed by atoms with E-state index in [1.54, 1.807) is 4.90 Å². The summed E-state index contributed by atoms with van der Waals surface area (Å²) in [5, 5.41) is 4.47. The van der Waals surface area contributed by atoms with E-state index < -0.39 is 5.60 Å². The first-order valence-corrected chi connectivity index (χ1v) is 9.26. The van der Waals surface area contributed by atoms with Gasteiger partial charge in [-0.3, -0.25) is 4.68 Å². The van der Waals surface area contributed by atoms with E-state index in [0.717, 1.165) is 18.5 Å². The quantitative estimate of drug-likeness (QED) is 0.467. The standard InChI is InChI=1S/C16H24IN3O3/c1-11-9-18-20-7-8-22-16(13(11)20)5-6-19(10-12(16)17)14(21)23-15(2,3)4/h9,12H,5-8,10H2,1-4H3. The molecular weight excluding hydrogens is 409 g/mol. The molecule has 3 heterocycles. The number of fused-ring (bicyclic) bond motifs is 2. The smallest absolute Gasteiger partial charge is 0.410 e. The van der Waals surface area contributed by atoms with Gasteiger partial charge in [0, 0.05) is 19.5 Å². The fraction of sp³-hybridized carbons (Fsp3) is 0.750. The second-order valence-corrected chi connectivity index (χ2v) is 8.78. The van der Waals surface area contributed by atoms with Gasteiger partial charge in [-0.15, -0.1) is 0 Å². The van der Waals surface area contributed by atoms with Crippen LogP contribution in [0.2, 0.25) is 0 Å². The Bertz CT molecular complexity index is 610. The number of alkyl halides is 1. The van der Waals surface area contributed by atoms with Crippen LogP contribution in [-0.2, 0) is 21.6 Å². The Morgan fingerprint density at radius 2 is 2.22 bits per heavy atom. The largest absolute Gasteiger partial charge is 0.444 e.